The average Bonchev–Trinajstić information content (AvgIpc) is 2.28. The highest BCUT2D eigenvalue weighted by molar-refractivity contribution is 9.09. The smallest absolute Gasteiger partial charge is 0.0392 e. The predicted octanol–water partition coefficient (Wildman–Crippen LogP) is 5.22. The van der Waals surface area contributed by atoms with Crippen LogP contribution in [0.1, 0.15) is 56.5 Å². The molecular weight excluding hydrogens is 248 g/mol. The number of halogens is 1. The number of benzene rings is 1. The van der Waals surface area contributed by atoms with Gasteiger partial charge in [0.05, 0.1) is 0 Å². The van der Waals surface area contributed by atoms with Gasteiger partial charge in [0.2, 0.25) is 0 Å². The Labute approximate surface area is 102 Å². The van der Waals surface area contributed by atoms with Gasteiger partial charge in [0.15, 0.2) is 0 Å². The zero-order valence-electron chi connectivity index (χ0n) is 10.2. The zero-order valence-corrected chi connectivity index (χ0v) is 11.8. The summed E-state index contributed by atoms with van der Waals surface area (Å²) >= 11 is 3.68. The lowest BCUT2D eigenvalue weighted by molar-refractivity contribution is 0.506. The van der Waals surface area contributed by atoms with Gasteiger partial charge in [0, 0.05) is 4.83 Å². The highest BCUT2D eigenvalue weighted by atomic mass is 79.9. The van der Waals surface area contributed by atoms with Crippen LogP contribution < -0.4 is 0 Å². The van der Waals surface area contributed by atoms with E-state index in [1.807, 2.05) is 0 Å². The summed E-state index contributed by atoms with van der Waals surface area (Å²) in [7, 11) is 0. The first-order valence-corrected chi connectivity index (χ1v) is 6.67. The average molecular weight is 269 g/mol. The lowest BCUT2D eigenvalue weighted by Crippen LogP contribution is -2.15. The highest BCUT2D eigenvalue weighted by Crippen LogP contribution is 2.30. The topological polar surface area (TPSA) is 0 Å². The second-order valence-corrected chi connectivity index (χ2v) is 5.84. The van der Waals surface area contributed by atoms with Gasteiger partial charge in [-0.25, -0.2) is 0 Å². The van der Waals surface area contributed by atoms with Crippen LogP contribution in [0.5, 0.6) is 0 Å². The fourth-order valence-corrected chi connectivity index (χ4v) is 1.89. The monoisotopic (exact) mass is 268 g/mol. The molecule has 0 aliphatic heterocycles. The SMILES string of the molecule is CCC(Br)c1ccc(C(C)(C)CC)cc1. The van der Waals surface area contributed by atoms with E-state index in [2.05, 4.69) is 67.9 Å². The van der Waals surface area contributed by atoms with Crippen molar-refractivity contribution in [2.24, 2.45) is 0 Å². The van der Waals surface area contributed by atoms with Crippen molar-refractivity contribution < 1.29 is 0 Å². The molecule has 0 aliphatic rings. The van der Waals surface area contributed by atoms with E-state index in [1.54, 1.807) is 0 Å². The molecule has 1 heteroatoms. The Kier molecular flexibility index (Phi) is 4.39. The first-order valence-electron chi connectivity index (χ1n) is 5.75. The standard InChI is InChI=1S/C14H21Br/c1-5-13(15)11-7-9-12(10-8-11)14(3,4)6-2/h7-10,13H,5-6H2,1-4H3. The van der Waals surface area contributed by atoms with Crippen molar-refractivity contribution in [2.75, 3.05) is 0 Å². The Balaban J connectivity index is 2.90. The van der Waals surface area contributed by atoms with Crippen LogP contribution in [0.4, 0.5) is 0 Å². The Morgan fingerprint density at radius 1 is 1.13 bits per heavy atom. The maximum absolute atomic E-state index is 3.68. The minimum absolute atomic E-state index is 0.298. The van der Waals surface area contributed by atoms with Gasteiger partial charge in [0.1, 0.15) is 0 Å². The van der Waals surface area contributed by atoms with Crippen LogP contribution in [0.3, 0.4) is 0 Å². The van der Waals surface area contributed by atoms with Crippen LogP contribution in [0, 0.1) is 0 Å². The van der Waals surface area contributed by atoms with Gasteiger partial charge in [-0.1, -0.05) is 67.9 Å². The normalized spacial score (nSPS) is 13.9. The van der Waals surface area contributed by atoms with Gasteiger partial charge >= 0.3 is 0 Å². The zero-order chi connectivity index (χ0) is 11.5. The molecule has 0 saturated heterocycles. The minimum Gasteiger partial charge on any atom is -0.0839 e. The van der Waals surface area contributed by atoms with Crippen molar-refractivity contribution in [3.8, 4) is 0 Å². The molecule has 0 fully saturated rings. The van der Waals surface area contributed by atoms with Crippen molar-refractivity contribution >= 4 is 15.9 Å². The molecule has 1 rings (SSSR count). The number of hydrogen-bond acceptors (Lipinski definition) is 0. The van der Waals surface area contributed by atoms with E-state index in [-0.39, 0.29) is 0 Å². The van der Waals surface area contributed by atoms with Gasteiger partial charge in [0.25, 0.3) is 0 Å². The van der Waals surface area contributed by atoms with Crippen molar-refractivity contribution in [1.29, 1.82) is 0 Å². The molecule has 1 aromatic carbocycles. The summed E-state index contributed by atoms with van der Waals surface area (Å²) in [4.78, 5) is 0.497. The third-order valence-electron chi connectivity index (χ3n) is 3.30. The third kappa shape index (κ3) is 3.07. The summed E-state index contributed by atoms with van der Waals surface area (Å²) in [6, 6.07) is 9.02. The van der Waals surface area contributed by atoms with E-state index in [1.165, 1.54) is 17.5 Å². The summed E-state index contributed by atoms with van der Waals surface area (Å²) in [5.41, 5.74) is 3.12. The fourth-order valence-electron chi connectivity index (χ4n) is 1.58. The fraction of sp³-hybridized carbons (Fsp3) is 0.571. The molecule has 0 N–H and O–H groups in total. The van der Waals surface area contributed by atoms with E-state index >= 15 is 0 Å². The summed E-state index contributed by atoms with van der Waals surface area (Å²) in [6.45, 7) is 9.04. The first-order chi connectivity index (χ1) is 7.01. The number of rotatable bonds is 4. The van der Waals surface area contributed by atoms with Crippen LogP contribution in [-0.2, 0) is 5.41 Å². The summed E-state index contributed by atoms with van der Waals surface area (Å²) in [6.07, 6.45) is 2.31. The van der Waals surface area contributed by atoms with Crippen LogP contribution in [0.2, 0.25) is 0 Å². The van der Waals surface area contributed by atoms with Gasteiger partial charge in [-0.3, -0.25) is 0 Å². The van der Waals surface area contributed by atoms with E-state index in [9.17, 15) is 0 Å². The minimum atomic E-state index is 0.298. The maximum atomic E-state index is 3.68. The maximum Gasteiger partial charge on any atom is 0.0392 e. The molecule has 0 nitrogen and oxygen atoms in total. The van der Waals surface area contributed by atoms with Crippen LogP contribution in [0.15, 0.2) is 24.3 Å². The summed E-state index contributed by atoms with van der Waals surface area (Å²) in [5.74, 6) is 0. The Morgan fingerprint density at radius 3 is 2.07 bits per heavy atom. The molecule has 0 amide bonds. The van der Waals surface area contributed by atoms with Crippen LogP contribution in [0.25, 0.3) is 0 Å². The predicted molar refractivity (Wildman–Crippen MR) is 71.7 cm³/mol. The first kappa shape index (κ1) is 12.8. The van der Waals surface area contributed by atoms with E-state index in [0.29, 0.717) is 10.2 Å². The molecule has 0 aliphatic carbocycles. The van der Waals surface area contributed by atoms with Crippen LogP contribution >= 0.6 is 15.9 Å². The van der Waals surface area contributed by atoms with Crippen molar-refractivity contribution in [3.05, 3.63) is 35.4 Å². The van der Waals surface area contributed by atoms with Gasteiger partial charge in [-0.05, 0) is 29.4 Å². The number of alkyl halides is 1. The molecule has 0 spiro atoms. The van der Waals surface area contributed by atoms with Crippen molar-refractivity contribution in [1.82, 2.24) is 0 Å². The largest absolute Gasteiger partial charge is 0.0839 e. The van der Waals surface area contributed by atoms with E-state index in [4.69, 9.17) is 0 Å². The molecule has 1 unspecified atom stereocenters. The summed E-state index contributed by atoms with van der Waals surface area (Å²) < 4.78 is 0. The second kappa shape index (κ2) is 5.16. The van der Waals surface area contributed by atoms with Crippen LogP contribution in [-0.4, -0.2) is 0 Å². The Morgan fingerprint density at radius 2 is 1.67 bits per heavy atom. The molecule has 15 heavy (non-hydrogen) atoms. The molecule has 1 atom stereocenters. The second-order valence-electron chi connectivity index (χ2n) is 4.74. The van der Waals surface area contributed by atoms with E-state index in [0.717, 1.165) is 6.42 Å². The van der Waals surface area contributed by atoms with Gasteiger partial charge in [-0.15, -0.1) is 0 Å². The lowest BCUT2D eigenvalue weighted by Gasteiger charge is -2.23. The third-order valence-corrected chi connectivity index (χ3v) is 4.47. The van der Waals surface area contributed by atoms with Gasteiger partial charge < -0.3 is 0 Å². The van der Waals surface area contributed by atoms with Crippen molar-refractivity contribution in [2.45, 2.75) is 50.8 Å². The number of hydrogen-bond donors (Lipinski definition) is 0. The molecule has 0 saturated carbocycles. The Bertz CT molecular complexity index is 298. The van der Waals surface area contributed by atoms with Crippen molar-refractivity contribution in [3.63, 3.8) is 0 Å². The molecule has 1 aromatic rings. The molecular formula is C14H21Br. The summed E-state index contributed by atoms with van der Waals surface area (Å²) in [5, 5.41) is 0. The van der Waals surface area contributed by atoms with E-state index < -0.39 is 0 Å². The Hall–Kier alpha value is -0.300. The lowest BCUT2D eigenvalue weighted by atomic mass is 9.82. The molecule has 0 radical (unpaired) electrons. The molecule has 0 aromatic heterocycles. The molecule has 84 valence electrons. The quantitative estimate of drug-likeness (QED) is 0.657. The van der Waals surface area contributed by atoms with Gasteiger partial charge in [-0.2, -0.15) is 0 Å². The highest BCUT2D eigenvalue weighted by Gasteiger charge is 2.17. The molecule has 0 bridgehead atoms. The molecule has 0 heterocycles.